The fourth-order valence-corrected chi connectivity index (χ4v) is 2.02. The van der Waals surface area contributed by atoms with E-state index in [-0.39, 0.29) is 24.1 Å². The molecule has 1 aliphatic rings. The van der Waals surface area contributed by atoms with Gasteiger partial charge in [0.2, 0.25) is 11.8 Å². The van der Waals surface area contributed by atoms with Gasteiger partial charge in [-0.15, -0.1) is 0 Å². The molecule has 1 unspecified atom stereocenters. The highest BCUT2D eigenvalue weighted by molar-refractivity contribution is 6.03. The third kappa shape index (κ3) is 3.15. The zero-order valence-electron chi connectivity index (χ0n) is 11.1. The Labute approximate surface area is 118 Å². The summed E-state index contributed by atoms with van der Waals surface area (Å²) in [6.07, 6.45) is 0.244. The number of amides is 3. The molecule has 1 aromatic rings. The molecule has 1 saturated heterocycles. The Morgan fingerprint density at radius 2 is 1.90 bits per heavy atom. The molecule has 1 heterocycles. The second-order valence-electron chi connectivity index (χ2n) is 4.54. The first-order valence-corrected chi connectivity index (χ1v) is 6.23. The van der Waals surface area contributed by atoms with Crippen molar-refractivity contribution in [3.8, 4) is 0 Å². The monoisotopic (exact) mass is 297 g/mol. The van der Waals surface area contributed by atoms with Crippen LogP contribution in [0.3, 0.4) is 0 Å². The molecule has 21 heavy (non-hydrogen) atoms. The summed E-state index contributed by atoms with van der Waals surface area (Å²) in [5.41, 5.74) is -0.582. The third-order valence-corrected chi connectivity index (χ3v) is 3.10. The number of anilines is 1. The van der Waals surface area contributed by atoms with Crippen molar-refractivity contribution in [2.24, 2.45) is 0 Å². The molecule has 1 aromatic carbocycles. The normalized spacial score (nSPS) is 18.1. The van der Waals surface area contributed by atoms with E-state index in [0.29, 0.717) is 0 Å². The molecule has 6 nitrogen and oxygen atoms in total. The molecule has 0 bridgehead atoms. The Balaban J connectivity index is 2.14. The number of nitrogens with one attached hydrogen (secondary N) is 3. The molecule has 1 atom stereocenters. The van der Waals surface area contributed by atoms with Gasteiger partial charge in [0.1, 0.15) is 23.4 Å². The lowest BCUT2D eigenvalue weighted by molar-refractivity contribution is -0.134. The number of carbonyl (C=O) groups is 3. The zero-order chi connectivity index (χ0) is 15.6. The van der Waals surface area contributed by atoms with Gasteiger partial charge in [0.25, 0.3) is 5.91 Å². The van der Waals surface area contributed by atoms with Gasteiger partial charge in [0.05, 0.1) is 0 Å². The highest BCUT2D eigenvalue weighted by Gasteiger charge is 2.28. The maximum absolute atomic E-state index is 13.6. The SMILES string of the molecule is CNc1c(F)cc(C(=O)NC2CCC(=O)NC2=O)cc1F. The predicted molar refractivity (Wildman–Crippen MR) is 69.5 cm³/mol. The van der Waals surface area contributed by atoms with Crippen molar-refractivity contribution in [3.63, 3.8) is 0 Å². The van der Waals surface area contributed by atoms with Crippen LogP contribution in [0.4, 0.5) is 14.5 Å². The van der Waals surface area contributed by atoms with Gasteiger partial charge in [-0.2, -0.15) is 0 Å². The molecule has 0 aromatic heterocycles. The Morgan fingerprint density at radius 1 is 1.29 bits per heavy atom. The van der Waals surface area contributed by atoms with E-state index in [1.165, 1.54) is 7.05 Å². The van der Waals surface area contributed by atoms with E-state index in [4.69, 9.17) is 0 Å². The number of halogens is 2. The number of rotatable bonds is 3. The van der Waals surface area contributed by atoms with Crippen LogP contribution in [0.25, 0.3) is 0 Å². The topological polar surface area (TPSA) is 87.3 Å². The van der Waals surface area contributed by atoms with Crippen molar-refractivity contribution >= 4 is 23.4 Å². The maximum Gasteiger partial charge on any atom is 0.252 e. The summed E-state index contributed by atoms with van der Waals surface area (Å²) in [7, 11) is 1.35. The maximum atomic E-state index is 13.6. The number of imide groups is 1. The van der Waals surface area contributed by atoms with Gasteiger partial charge in [-0.25, -0.2) is 8.78 Å². The van der Waals surface area contributed by atoms with Crippen LogP contribution >= 0.6 is 0 Å². The van der Waals surface area contributed by atoms with Gasteiger partial charge in [0, 0.05) is 19.0 Å². The van der Waals surface area contributed by atoms with Gasteiger partial charge in [0.15, 0.2) is 0 Å². The third-order valence-electron chi connectivity index (χ3n) is 3.10. The first kappa shape index (κ1) is 14.9. The van der Waals surface area contributed by atoms with Gasteiger partial charge in [-0.1, -0.05) is 0 Å². The minimum atomic E-state index is -0.911. The van der Waals surface area contributed by atoms with E-state index in [2.05, 4.69) is 16.0 Å². The van der Waals surface area contributed by atoms with E-state index in [9.17, 15) is 23.2 Å². The van der Waals surface area contributed by atoms with Crippen LogP contribution in [-0.2, 0) is 9.59 Å². The molecule has 3 amide bonds. The Hall–Kier alpha value is -2.51. The van der Waals surface area contributed by atoms with E-state index < -0.39 is 35.4 Å². The quantitative estimate of drug-likeness (QED) is 0.711. The molecule has 0 radical (unpaired) electrons. The molecule has 0 saturated carbocycles. The van der Waals surface area contributed by atoms with Crippen LogP contribution in [0.15, 0.2) is 12.1 Å². The van der Waals surface area contributed by atoms with Crippen molar-refractivity contribution in [3.05, 3.63) is 29.3 Å². The van der Waals surface area contributed by atoms with E-state index in [1.807, 2.05) is 0 Å². The predicted octanol–water partition coefficient (Wildman–Crippen LogP) is 0.541. The summed E-state index contributed by atoms with van der Waals surface area (Å²) in [6.45, 7) is 0. The van der Waals surface area contributed by atoms with E-state index >= 15 is 0 Å². The van der Waals surface area contributed by atoms with Crippen molar-refractivity contribution in [1.82, 2.24) is 10.6 Å². The van der Waals surface area contributed by atoms with Crippen molar-refractivity contribution in [2.75, 3.05) is 12.4 Å². The molecule has 0 aliphatic carbocycles. The number of hydrogen-bond acceptors (Lipinski definition) is 4. The first-order valence-electron chi connectivity index (χ1n) is 6.23. The minimum absolute atomic E-state index is 0.0953. The molecule has 0 spiro atoms. The van der Waals surface area contributed by atoms with Gasteiger partial charge in [-0.3, -0.25) is 19.7 Å². The summed E-state index contributed by atoms with van der Waals surface area (Å²) in [4.78, 5) is 34.4. The Kier molecular flexibility index (Phi) is 4.15. The summed E-state index contributed by atoms with van der Waals surface area (Å²) in [6, 6.07) is 0.844. The van der Waals surface area contributed by atoms with Crippen LogP contribution in [-0.4, -0.2) is 30.8 Å². The van der Waals surface area contributed by atoms with Gasteiger partial charge < -0.3 is 10.6 Å². The average Bonchev–Trinajstić information content (AvgIpc) is 2.41. The van der Waals surface area contributed by atoms with Crippen molar-refractivity contribution < 1.29 is 23.2 Å². The van der Waals surface area contributed by atoms with Crippen LogP contribution < -0.4 is 16.0 Å². The van der Waals surface area contributed by atoms with Crippen LogP contribution in [0.2, 0.25) is 0 Å². The molecule has 2 rings (SSSR count). The fourth-order valence-electron chi connectivity index (χ4n) is 2.02. The second kappa shape index (κ2) is 5.86. The Bertz CT molecular complexity index is 596. The molecular formula is C13H13F2N3O3. The van der Waals surface area contributed by atoms with Crippen LogP contribution in [0.1, 0.15) is 23.2 Å². The molecule has 1 aliphatic heterocycles. The largest absolute Gasteiger partial charge is 0.383 e. The summed E-state index contributed by atoms with van der Waals surface area (Å²) in [5.74, 6) is -3.66. The smallest absolute Gasteiger partial charge is 0.252 e. The summed E-state index contributed by atoms with van der Waals surface area (Å²) < 4.78 is 27.1. The van der Waals surface area contributed by atoms with Gasteiger partial charge in [-0.05, 0) is 18.6 Å². The highest BCUT2D eigenvalue weighted by Crippen LogP contribution is 2.20. The molecule has 3 N–H and O–H groups in total. The van der Waals surface area contributed by atoms with Crippen LogP contribution in [0, 0.1) is 11.6 Å². The lowest BCUT2D eigenvalue weighted by atomic mass is 10.1. The van der Waals surface area contributed by atoms with E-state index in [0.717, 1.165) is 12.1 Å². The highest BCUT2D eigenvalue weighted by atomic mass is 19.1. The first-order chi connectivity index (χ1) is 9.92. The number of benzene rings is 1. The van der Waals surface area contributed by atoms with Gasteiger partial charge >= 0.3 is 0 Å². The fraction of sp³-hybridized carbons (Fsp3) is 0.308. The average molecular weight is 297 g/mol. The minimum Gasteiger partial charge on any atom is -0.383 e. The Morgan fingerprint density at radius 3 is 2.43 bits per heavy atom. The summed E-state index contributed by atoms with van der Waals surface area (Å²) >= 11 is 0. The summed E-state index contributed by atoms with van der Waals surface area (Å²) in [5, 5.41) is 6.76. The van der Waals surface area contributed by atoms with Crippen molar-refractivity contribution in [1.29, 1.82) is 0 Å². The lowest BCUT2D eigenvalue weighted by Gasteiger charge is -2.21. The second-order valence-corrected chi connectivity index (χ2v) is 4.54. The standard InChI is InChI=1S/C13H13F2N3O3/c1-16-11-7(14)4-6(5-8(11)15)12(20)17-9-2-3-10(19)18-13(9)21/h4-5,9,16H,2-3H2,1H3,(H,17,20)(H,18,19,21). The zero-order valence-corrected chi connectivity index (χ0v) is 11.1. The molecule has 1 fully saturated rings. The lowest BCUT2D eigenvalue weighted by Crippen LogP contribution is -2.52. The van der Waals surface area contributed by atoms with Crippen molar-refractivity contribution in [2.45, 2.75) is 18.9 Å². The number of hydrogen-bond donors (Lipinski definition) is 3. The van der Waals surface area contributed by atoms with Crippen LogP contribution in [0.5, 0.6) is 0 Å². The number of piperidine rings is 1. The van der Waals surface area contributed by atoms with E-state index in [1.54, 1.807) is 0 Å². The molecule has 112 valence electrons. The molecule has 8 heteroatoms. The molecular weight excluding hydrogens is 284 g/mol. The number of carbonyl (C=O) groups excluding carboxylic acids is 3.